The second kappa shape index (κ2) is 5.95. The maximum atomic E-state index is 13.0. The van der Waals surface area contributed by atoms with Gasteiger partial charge in [0.15, 0.2) is 0 Å². The summed E-state index contributed by atoms with van der Waals surface area (Å²) in [6.45, 7) is 0.107. The first-order chi connectivity index (χ1) is 10.7. The molecule has 3 aromatic rings. The molecule has 0 aliphatic carbocycles. The summed E-state index contributed by atoms with van der Waals surface area (Å²) in [7, 11) is 0. The Kier molecular flexibility index (Phi) is 3.84. The third-order valence-corrected chi connectivity index (χ3v) is 3.25. The highest BCUT2D eigenvalue weighted by Crippen LogP contribution is 2.19. The summed E-state index contributed by atoms with van der Waals surface area (Å²) in [5.41, 5.74) is 2.67. The van der Waals surface area contributed by atoms with E-state index in [1.54, 1.807) is 41.1 Å². The number of rotatable bonds is 4. The van der Waals surface area contributed by atoms with Crippen LogP contribution < -0.4 is 5.32 Å². The average molecular weight is 299 g/mol. The van der Waals surface area contributed by atoms with Crippen LogP contribution in [0.3, 0.4) is 0 Å². The van der Waals surface area contributed by atoms with Crippen molar-refractivity contribution in [3.05, 3.63) is 60.2 Å². The predicted octanol–water partition coefficient (Wildman–Crippen LogP) is 1.86. The lowest BCUT2D eigenvalue weighted by molar-refractivity contribution is 0.0944. The third kappa shape index (κ3) is 2.82. The number of fused-ring (bicyclic) bond motifs is 1. The molecule has 0 atom stereocenters. The minimum atomic E-state index is -0.296. The summed E-state index contributed by atoms with van der Waals surface area (Å²) in [4.78, 5) is 16.3. The number of carbonyl (C=O) groups excluding carboxylic acids is 1. The van der Waals surface area contributed by atoms with Crippen LogP contribution in [0.1, 0.15) is 10.4 Å². The van der Waals surface area contributed by atoms with Crippen molar-refractivity contribution in [2.45, 2.75) is 0 Å². The van der Waals surface area contributed by atoms with Gasteiger partial charge >= 0.3 is 0 Å². The van der Waals surface area contributed by atoms with E-state index in [-0.39, 0.29) is 24.9 Å². The number of pyridine rings is 1. The van der Waals surface area contributed by atoms with Crippen molar-refractivity contribution < 1.29 is 14.3 Å². The first kappa shape index (κ1) is 14.2. The molecule has 0 fully saturated rings. The van der Waals surface area contributed by atoms with E-state index in [2.05, 4.69) is 10.3 Å². The molecule has 0 spiro atoms. The van der Waals surface area contributed by atoms with Gasteiger partial charge in [-0.1, -0.05) is 0 Å². The number of hydrogen-bond acceptors (Lipinski definition) is 3. The van der Waals surface area contributed by atoms with Gasteiger partial charge in [-0.3, -0.25) is 4.79 Å². The number of hydrogen-bond donors (Lipinski definition) is 2. The zero-order valence-corrected chi connectivity index (χ0v) is 11.7. The maximum absolute atomic E-state index is 13.0. The molecule has 0 radical (unpaired) electrons. The van der Waals surface area contributed by atoms with E-state index < -0.39 is 0 Å². The van der Waals surface area contributed by atoms with E-state index in [0.29, 0.717) is 16.9 Å². The topological polar surface area (TPSA) is 66.6 Å². The number of nitrogens with zero attached hydrogens (tertiary/aromatic N) is 2. The Morgan fingerprint density at radius 2 is 1.95 bits per heavy atom. The van der Waals surface area contributed by atoms with Gasteiger partial charge in [0.1, 0.15) is 11.5 Å². The molecule has 5 nitrogen and oxygen atoms in total. The monoisotopic (exact) mass is 299 g/mol. The summed E-state index contributed by atoms with van der Waals surface area (Å²) >= 11 is 0. The van der Waals surface area contributed by atoms with Gasteiger partial charge in [-0.25, -0.2) is 9.37 Å². The third-order valence-electron chi connectivity index (χ3n) is 3.25. The van der Waals surface area contributed by atoms with Crippen LogP contribution in [0.2, 0.25) is 0 Å². The van der Waals surface area contributed by atoms with Crippen molar-refractivity contribution in [2.75, 3.05) is 13.2 Å². The van der Waals surface area contributed by atoms with E-state index >= 15 is 0 Å². The summed E-state index contributed by atoms with van der Waals surface area (Å²) in [6.07, 6.45) is 3.45. The zero-order valence-electron chi connectivity index (χ0n) is 11.7. The Morgan fingerprint density at radius 3 is 2.68 bits per heavy atom. The van der Waals surface area contributed by atoms with Crippen LogP contribution >= 0.6 is 0 Å². The molecule has 0 aliphatic rings. The largest absolute Gasteiger partial charge is 0.395 e. The van der Waals surface area contributed by atoms with Crippen molar-refractivity contribution in [2.24, 2.45) is 0 Å². The second-order valence-electron chi connectivity index (χ2n) is 4.80. The summed E-state index contributed by atoms with van der Waals surface area (Å²) in [6, 6.07) is 9.49. The SMILES string of the molecule is O=C(NCCO)c1ccc2nc(-c3ccc(F)cc3)cn2c1. The molecular weight excluding hydrogens is 285 g/mol. The first-order valence-electron chi connectivity index (χ1n) is 6.81. The molecule has 1 aromatic carbocycles. The molecule has 6 heteroatoms. The fourth-order valence-electron chi connectivity index (χ4n) is 2.16. The Bertz CT molecular complexity index is 812. The highest BCUT2D eigenvalue weighted by molar-refractivity contribution is 5.94. The van der Waals surface area contributed by atoms with Gasteiger partial charge < -0.3 is 14.8 Å². The zero-order chi connectivity index (χ0) is 15.5. The Hall–Kier alpha value is -2.73. The molecule has 0 bridgehead atoms. The number of aliphatic hydroxyl groups excluding tert-OH is 1. The Balaban J connectivity index is 1.93. The molecule has 2 N–H and O–H groups in total. The van der Waals surface area contributed by atoms with E-state index in [0.717, 1.165) is 5.56 Å². The van der Waals surface area contributed by atoms with Crippen LogP contribution in [0.15, 0.2) is 48.8 Å². The number of carbonyl (C=O) groups is 1. The molecule has 112 valence electrons. The molecule has 3 rings (SSSR count). The lowest BCUT2D eigenvalue weighted by atomic mass is 10.2. The van der Waals surface area contributed by atoms with Gasteiger partial charge in [-0.05, 0) is 36.4 Å². The Morgan fingerprint density at radius 1 is 1.18 bits per heavy atom. The fraction of sp³-hybridized carbons (Fsp3) is 0.125. The number of amides is 1. The molecular formula is C16H14FN3O2. The molecule has 0 saturated carbocycles. The normalized spacial score (nSPS) is 10.8. The molecule has 22 heavy (non-hydrogen) atoms. The van der Waals surface area contributed by atoms with E-state index in [1.165, 1.54) is 12.1 Å². The van der Waals surface area contributed by atoms with E-state index in [4.69, 9.17) is 5.11 Å². The van der Waals surface area contributed by atoms with Gasteiger partial charge in [0.25, 0.3) is 5.91 Å². The van der Waals surface area contributed by atoms with Crippen molar-refractivity contribution in [1.82, 2.24) is 14.7 Å². The quantitative estimate of drug-likeness (QED) is 0.773. The van der Waals surface area contributed by atoms with Gasteiger partial charge in [0.05, 0.1) is 17.9 Å². The molecule has 2 heterocycles. The number of aromatic nitrogens is 2. The van der Waals surface area contributed by atoms with Crippen molar-refractivity contribution in [1.29, 1.82) is 0 Å². The first-order valence-corrected chi connectivity index (χ1v) is 6.81. The van der Waals surface area contributed by atoms with Gasteiger partial charge in [0, 0.05) is 24.5 Å². The summed E-state index contributed by atoms with van der Waals surface area (Å²) < 4.78 is 14.7. The van der Waals surface area contributed by atoms with E-state index in [9.17, 15) is 9.18 Å². The summed E-state index contributed by atoms with van der Waals surface area (Å²) in [5.74, 6) is -0.552. The van der Waals surface area contributed by atoms with Crippen molar-refractivity contribution in [3.8, 4) is 11.3 Å². The number of halogens is 1. The van der Waals surface area contributed by atoms with Gasteiger partial charge in [-0.2, -0.15) is 0 Å². The molecule has 0 aliphatic heterocycles. The molecule has 2 aromatic heterocycles. The smallest absolute Gasteiger partial charge is 0.252 e. The van der Waals surface area contributed by atoms with Gasteiger partial charge in [-0.15, -0.1) is 0 Å². The number of imidazole rings is 1. The standard InChI is InChI=1S/C16H14FN3O2/c17-13-4-1-11(2-5-13)14-10-20-9-12(3-6-15(20)19-14)16(22)18-7-8-21/h1-6,9-10,21H,7-8H2,(H,18,22). The highest BCUT2D eigenvalue weighted by Gasteiger charge is 2.09. The minimum Gasteiger partial charge on any atom is -0.395 e. The van der Waals surface area contributed by atoms with Gasteiger partial charge in [0.2, 0.25) is 0 Å². The van der Waals surface area contributed by atoms with Crippen LogP contribution in [0.5, 0.6) is 0 Å². The van der Waals surface area contributed by atoms with Crippen LogP contribution in [0, 0.1) is 5.82 Å². The molecule has 0 unspecified atom stereocenters. The predicted molar refractivity (Wildman–Crippen MR) is 80.0 cm³/mol. The second-order valence-corrected chi connectivity index (χ2v) is 4.80. The van der Waals surface area contributed by atoms with Crippen LogP contribution in [-0.2, 0) is 0 Å². The van der Waals surface area contributed by atoms with Crippen LogP contribution in [0.25, 0.3) is 16.9 Å². The lowest BCUT2D eigenvalue weighted by Gasteiger charge is -2.03. The minimum absolute atomic E-state index is 0.103. The number of aliphatic hydroxyl groups is 1. The maximum Gasteiger partial charge on any atom is 0.252 e. The number of benzene rings is 1. The fourth-order valence-corrected chi connectivity index (χ4v) is 2.16. The average Bonchev–Trinajstić information content (AvgIpc) is 2.96. The van der Waals surface area contributed by atoms with E-state index in [1.807, 2.05) is 0 Å². The summed E-state index contributed by atoms with van der Waals surface area (Å²) in [5, 5.41) is 11.3. The lowest BCUT2D eigenvalue weighted by Crippen LogP contribution is -2.26. The molecule has 1 amide bonds. The van der Waals surface area contributed by atoms with Crippen molar-refractivity contribution >= 4 is 11.6 Å². The molecule has 0 saturated heterocycles. The van der Waals surface area contributed by atoms with Crippen molar-refractivity contribution in [3.63, 3.8) is 0 Å². The van der Waals surface area contributed by atoms with Crippen LogP contribution in [-0.4, -0.2) is 33.6 Å². The highest BCUT2D eigenvalue weighted by atomic mass is 19.1. The number of nitrogens with one attached hydrogen (secondary N) is 1. The van der Waals surface area contributed by atoms with Crippen LogP contribution in [0.4, 0.5) is 4.39 Å². The Labute approximate surface area is 126 Å².